The van der Waals surface area contributed by atoms with Gasteiger partial charge in [0.1, 0.15) is 0 Å². The molecule has 1 unspecified atom stereocenters. The van der Waals surface area contributed by atoms with Crippen molar-refractivity contribution in [2.75, 3.05) is 6.54 Å². The van der Waals surface area contributed by atoms with Crippen molar-refractivity contribution in [1.29, 1.82) is 0 Å². The third kappa shape index (κ3) is 3.45. The van der Waals surface area contributed by atoms with Crippen molar-refractivity contribution in [2.45, 2.75) is 38.5 Å². The summed E-state index contributed by atoms with van der Waals surface area (Å²) in [5.74, 6) is 0.794. The maximum absolute atomic E-state index is 4.58. The number of rotatable bonds is 5. The number of nitrogens with zero attached hydrogens (tertiary/aromatic N) is 2. The van der Waals surface area contributed by atoms with Gasteiger partial charge in [-0.2, -0.15) is 0 Å². The molecule has 0 spiro atoms. The van der Waals surface area contributed by atoms with Crippen molar-refractivity contribution in [2.24, 2.45) is 10.9 Å². The molecule has 3 nitrogen and oxygen atoms in total. The first-order valence-corrected chi connectivity index (χ1v) is 7.97. The summed E-state index contributed by atoms with van der Waals surface area (Å²) in [6.07, 6.45) is 2.51. The minimum atomic E-state index is 0.669. The Balaban J connectivity index is 1.77. The van der Waals surface area contributed by atoms with E-state index in [0.717, 1.165) is 29.9 Å². The summed E-state index contributed by atoms with van der Waals surface area (Å²) in [5, 5.41) is 7.21. The fourth-order valence-corrected chi connectivity index (χ4v) is 3.92. The van der Waals surface area contributed by atoms with E-state index in [1.54, 1.807) is 11.3 Å². The van der Waals surface area contributed by atoms with Gasteiger partial charge < -0.3 is 5.32 Å². The van der Waals surface area contributed by atoms with Crippen LogP contribution in [0, 0.1) is 5.92 Å². The van der Waals surface area contributed by atoms with E-state index in [0.29, 0.717) is 5.25 Å². The molecule has 17 heavy (non-hydrogen) atoms. The first-order chi connectivity index (χ1) is 8.33. The second-order valence-electron chi connectivity index (χ2n) is 4.21. The topological polar surface area (TPSA) is 37.3 Å². The van der Waals surface area contributed by atoms with Crippen LogP contribution in [0.25, 0.3) is 0 Å². The van der Waals surface area contributed by atoms with E-state index in [4.69, 9.17) is 0 Å². The minimum Gasteiger partial charge on any atom is -0.359 e. The molecular formula is C12H19N3S2. The minimum absolute atomic E-state index is 0.669. The highest BCUT2D eigenvalue weighted by Crippen LogP contribution is 2.30. The van der Waals surface area contributed by atoms with Crippen molar-refractivity contribution in [3.8, 4) is 0 Å². The second kappa shape index (κ2) is 6.40. The van der Waals surface area contributed by atoms with Gasteiger partial charge in [0.2, 0.25) is 0 Å². The lowest BCUT2D eigenvalue weighted by Crippen LogP contribution is -2.21. The number of nitrogens with one attached hydrogen (secondary N) is 1. The summed E-state index contributed by atoms with van der Waals surface area (Å²) in [6, 6.07) is 0. The zero-order valence-corrected chi connectivity index (χ0v) is 12.0. The highest BCUT2D eigenvalue weighted by Gasteiger charge is 2.25. The smallest absolute Gasteiger partial charge is 0.157 e. The second-order valence-corrected chi connectivity index (χ2v) is 6.16. The van der Waals surface area contributed by atoms with E-state index >= 15 is 0 Å². The van der Waals surface area contributed by atoms with Crippen LogP contribution < -0.4 is 5.32 Å². The number of amidine groups is 1. The van der Waals surface area contributed by atoms with Gasteiger partial charge in [0.05, 0.1) is 24.3 Å². The van der Waals surface area contributed by atoms with Crippen molar-refractivity contribution in [3.05, 3.63) is 16.6 Å². The van der Waals surface area contributed by atoms with Crippen molar-refractivity contribution < 1.29 is 0 Å². The van der Waals surface area contributed by atoms with E-state index in [2.05, 4.69) is 34.5 Å². The molecule has 2 heterocycles. The van der Waals surface area contributed by atoms with E-state index in [1.165, 1.54) is 12.8 Å². The summed E-state index contributed by atoms with van der Waals surface area (Å²) < 4.78 is 0. The molecule has 0 bridgehead atoms. The van der Waals surface area contributed by atoms with Crippen molar-refractivity contribution >= 4 is 28.3 Å². The molecule has 1 aliphatic rings. The van der Waals surface area contributed by atoms with Crippen LogP contribution in [0.1, 0.15) is 32.4 Å². The summed E-state index contributed by atoms with van der Waals surface area (Å²) in [6.45, 7) is 6.31. The van der Waals surface area contributed by atoms with Gasteiger partial charge in [0, 0.05) is 10.6 Å². The van der Waals surface area contributed by atoms with E-state index in [-0.39, 0.29) is 0 Å². The average Bonchev–Trinajstić information content (AvgIpc) is 2.99. The Kier molecular flexibility index (Phi) is 4.86. The third-order valence-electron chi connectivity index (χ3n) is 3.16. The lowest BCUT2D eigenvalue weighted by molar-refractivity contribution is 0.479. The monoisotopic (exact) mass is 269 g/mol. The molecule has 1 atom stereocenters. The summed E-state index contributed by atoms with van der Waals surface area (Å²) in [7, 11) is 0. The number of aromatic nitrogens is 1. The van der Waals surface area contributed by atoms with Crippen molar-refractivity contribution in [1.82, 2.24) is 10.3 Å². The number of hydrogen-bond donors (Lipinski definition) is 1. The van der Waals surface area contributed by atoms with Crippen molar-refractivity contribution in [3.63, 3.8) is 0 Å². The average molecular weight is 269 g/mol. The Morgan fingerprint density at radius 1 is 1.47 bits per heavy atom. The summed E-state index contributed by atoms with van der Waals surface area (Å²) in [5.41, 5.74) is 2.97. The highest BCUT2D eigenvalue weighted by molar-refractivity contribution is 8.14. The molecule has 0 aromatic carbocycles. The molecule has 1 aromatic rings. The highest BCUT2D eigenvalue weighted by atomic mass is 32.2. The van der Waals surface area contributed by atoms with E-state index < -0.39 is 0 Å². The fraction of sp³-hybridized carbons (Fsp3) is 0.667. The lowest BCUT2D eigenvalue weighted by Gasteiger charge is -2.18. The number of hydrogen-bond acceptors (Lipinski definition) is 5. The van der Waals surface area contributed by atoms with Gasteiger partial charge in [0.25, 0.3) is 0 Å². The van der Waals surface area contributed by atoms with Gasteiger partial charge >= 0.3 is 0 Å². The largest absolute Gasteiger partial charge is 0.359 e. The maximum Gasteiger partial charge on any atom is 0.157 e. The predicted molar refractivity (Wildman–Crippen MR) is 76.7 cm³/mol. The van der Waals surface area contributed by atoms with Crippen LogP contribution in [-0.4, -0.2) is 21.9 Å². The zero-order chi connectivity index (χ0) is 12.1. The van der Waals surface area contributed by atoms with Crippen LogP contribution in [0.15, 0.2) is 15.9 Å². The van der Waals surface area contributed by atoms with E-state index in [1.807, 2.05) is 17.3 Å². The van der Waals surface area contributed by atoms with Gasteiger partial charge in [-0.15, -0.1) is 11.3 Å². The molecule has 94 valence electrons. The fourth-order valence-electron chi connectivity index (χ4n) is 2.04. The molecule has 0 radical (unpaired) electrons. The predicted octanol–water partition coefficient (Wildman–Crippen LogP) is 3.14. The van der Waals surface area contributed by atoms with Crippen LogP contribution in [-0.2, 0) is 6.54 Å². The molecule has 0 fully saturated rings. The van der Waals surface area contributed by atoms with Crippen LogP contribution in [0.2, 0.25) is 0 Å². The molecule has 5 heteroatoms. The molecular weight excluding hydrogens is 250 g/mol. The first-order valence-electron chi connectivity index (χ1n) is 6.15. The Labute approximate surface area is 111 Å². The van der Waals surface area contributed by atoms with Gasteiger partial charge in [-0.05, 0) is 5.92 Å². The van der Waals surface area contributed by atoms with Gasteiger partial charge in [-0.1, -0.05) is 38.5 Å². The standard InChI is InChI=1S/C12H19N3S2/c1-3-9(4-2)11-6-14-12(17-11)13-5-10-7-16-8-15-10/h7-9,11H,3-6H2,1-2H3,(H,13,14). The number of aliphatic imine (C=N–C) groups is 1. The quantitative estimate of drug-likeness (QED) is 0.892. The Hall–Kier alpha value is -0.550. The summed E-state index contributed by atoms with van der Waals surface area (Å²) in [4.78, 5) is 8.83. The maximum atomic E-state index is 4.58. The Bertz CT molecular complexity index is 358. The van der Waals surface area contributed by atoms with Gasteiger partial charge in [-0.25, -0.2) is 4.98 Å². The molecule has 1 aromatic heterocycles. The Morgan fingerprint density at radius 2 is 2.29 bits per heavy atom. The summed E-state index contributed by atoms with van der Waals surface area (Å²) >= 11 is 3.54. The molecule has 0 saturated carbocycles. The SMILES string of the molecule is CCC(CC)C1CN=C(NCc2cscn2)S1. The Morgan fingerprint density at radius 3 is 2.94 bits per heavy atom. The number of thioether (sulfide) groups is 1. The molecule has 1 aliphatic heterocycles. The normalized spacial score (nSPS) is 19.7. The molecule has 2 rings (SSSR count). The van der Waals surface area contributed by atoms with E-state index in [9.17, 15) is 0 Å². The van der Waals surface area contributed by atoms with Crippen LogP contribution in [0.4, 0.5) is 0 Å². The molecule has 0 saturated heterocycles. The van der Waals surface area contributed by atoms with Gasteiger partial charge in [0.15, 0.2) is 5.17 Å². The van der Waals surface area contributed by atoms with Crippen LogP contribution in [0.5, 0.6) is 0 Å². The molecule has 0 amide bonds. The molecule has 0 aliphatic carbocycles. The molecule has 1 N–H and O–H groups in total. The third-order valence-corrected chi connectivity index (χ3v) is 5.13. The van der Waals surface area contributed by atoms with Crippen LogP contribution in [0.3, 0.4) is 0 Å². The van der Waals surface area contributed by atoms with Gasteiger partial charge in [-0.3, -0.25) is 4.99 Å². The zero-order valence-electron chi connectivity index (χ0n) is 10.3. The van der Waals surface area contributed by atoms with Crippen LogP contribution >= 0.6 is 23.1 Å². The lowest BCUT2D eigenvalue weighted by atomic mass is 9.99. The number of thiazole rings is 1. The first kappa shape index (κ1) is 12.9.